The van der Waals surface area contributed by atoms with Crippen molar-refractivity contribution >= 4 is 42.1 Å². The summed E-state index contributed by atoms with van der Waals surface area (Å²) in [6.45, 7) is 9.32. The van der Waals surface area contributed by atoms with E-state index >= 15 is 0 Å². The number of fused-ring (bicyclic) bond motifs is 1. The molecule has 2 fully saturated rings. The molecule has 3 N–H and O–H groups in total. The first kappa shape index (κ1) is 21.6. The van der Waals surface area contributed by atoms with Crippen molar-refractivity contribution in [2.24, 2.45) is 17.1 Å². The Morgan fingerprint density at radius 1 is 1.42 bits per heavy atom. The van der Waals surface area contributed by atoms with Crippen LogP contribution < -0.4 is 11.1 Å². The molecule has 1 saturated carbocycles. The monoisotopic (exact) mass is 395 g/mol. The van der Waals surface area contributed by atoms with E-state index in [1.54, 1.807) is 11.3 Å². The summed E-state index contributed by atoms with van der Waals surface area (Å²) in [7, 11) is 0. The highest BCUT2D eigenvalue weighted by Crippen LogP contribution is 2.57. The number of halogens is 2. The second-order valence-electron chi connectivity index (χ2n) is 7.05. The maximum absolute atomic E-state index is 12.8. The van der Waals surface area contributed by atoms with Crippen LogP contribution in [0.5, 0.6) is 0 Å². The van der Waals surface area contributed by atoms with Crippen molar-refractivity contribution < 1.29 is 9.53 Å². The average molecular weight is 396 g/mol. The Hall–Kier alpha value is -0.400. The predicted molar refractivity (Wildman–Crippen MR) is 101 cm³/mol. The molecule has 5 nitrogen and oxygen atoms in total. The molecule has 138 valence electrons. The van der Waals surface area contributed by atoms with Crippen LogP contribution in [0, 0.1) is 25.2 Å². The first-order valence-corrected chi connectivity index (χ1v) is 8.72. The Morgan fingerprint density at radius 2 is 2.08 bits per heavy atom. The highest BCUT2D eigenvalue weighted by Gasteiger charge is 2.70. The topological polar surface area (TPSA) is 77.2 Å². The van der Waals surface area contributed by atoms with Crippen LogP contribution >= 0.6 is 36.2 Å². The van der Waals surface area contributed by atoms with Crippen molar-refractivity contribution in [2.45, 2.75) is 58.7 Å². The lowest BCUT2D eigenvalue weighted by Crippen LogP contribution is -2.82. The normalized spacial score (nSPS) is 30.2. The van der Waals surface area contributed by atoms with E-state index in [-0.39, 0.29) is 48.2 Å². The van der Waals surface area contributed by atoms with Gasteiger partial charge in [-0.25, -0.2) is 4.98 Å². The maximum atomic E-state index is 12.8. The van der Waals surface area contributed by atoms with Crippen molar-refractivity contribution in [3.63, 3.8) is 0 Å². The largest absolute Gasteiger partial charge is 0.377 e. The van der Waals surface area contributed by atoms with E-state index < -0.39 is 5.54 Å². The zero-order valence-electron chi connectivity index (χ0n) is 14.5. The second kappa shape index (κ2) is 7.46. The number of carbonyl (C=O) groups excluding carboxylic acids is 1. The predicted octanol–water partition coefficient (Wildman–Crippen LogP) is 2.75. The van der Waals surface area contributed by atoms with E-state index in [2.05, 4.69) is 10.3 Å². The Kier molecular flexibility index (Phi) is 6.73. The first-order valence-electron chi connectivity index (χ1n) is 7.90. The van der Waals surface area contributed by atoms with Crippen molar-refractivity contribution in [3.05, 3.63) is 15.6 Å². The fourth-order valence-electron chi connectivity index (χ4n) is 4.08. The van der Waals surface area contributed by atoms with Gasteiger partial charge in [-0.1, -0.05) is 13.8 Å². The molecule has 24 heavy (non-hydrogen) atoms. The Morgan fingerprint density at radius 3 is 2.67 bits per heavy atom. The van der Waals surface area contributed by atoms with Crippen LogP contribution in [0.15, 0.2) is 0 Å². The smallest absolute Gasteiger partial charge is 0.241 e. The minimum Gasteiger partial charge on any atom is -0.377 e. The lowest BCUT2D eigenvalue weighted by atomic mass is 9.46. The summed E-state index contributed by atoms with van der Waals surface area (Å²) >= 11 is 1.62. The molecule has 1 aliphatic heterocycles. The third kappa shape index (κ3) is 3.07. The number of nitrogens with zero attached hydrogens (tertiary/aromatic N) is 1. The zero-order valence-corrected chi connectivity index (χ0v) is 17.0. The molecule has 1 aromatic heterocycles. The van der Waals surface area contributed by atoms with Crippen molar-refractivity contribution in [2.75, 3.05) is 6.61 Å². The molecule has 3 unspecified atom stereocenters. The number of aryl methyl sites for hydroxylation is 2. The van der Waals surface area contributed by atoms with E-state index in [9.17, 15) is 4.79 Å². The van der Waals surface area contributed by atoms with Crippen LogP contribution in [0.4, 0.5) is 0 Å². The molecule has 2 heterocycles. The lowest BCUT2D eigenvalue weighted by Gasteiger charge is -2.65. The standard InChI is InChI=1S/C16H25N3O2S.2ClH/c1-9-12(22-10(2)19-9)8-18-14(20)16(17)11-6-5-7-21-13(11)15(16,3)4;;/h11,13H,5-8,17H2,1-4H3,(H,18,20);2*1H. The molecular formula is C16H27Cl2N3O2S. The zero-order chi connectivity index (χ0) is 16.1. The van der Waals surface area contributed by atoms with E-state index in [0.29, 0.717) is 6.54 Å². The fraction of sp³-hybridized carbons (Fsp3) is 0.750. The van der Waals surface area contributed by atoms with Gasteiger partial charge in [-0.2, -0.15) is 0 Å². The maximum Gasteiger partial charge on any atom is 0.241 e. The third-order valence-corrected chi connectivity index (χ3v) is 6.54. The summed E-state index contributed by atoms with van der Waals surface area (Å²) in [5.41, 5.74) is 6.39. The van der Waals surface area contributed by atoms with Gasteiger partial charge in [0.2, 0.25) is 5.91 Å². The van der Waals surface area contributed by atoms with E-state index in [4.69, 9.17) is 10.5 Å². The van der Waals surface area contributed by atoms with Gasteiger partial charge in [-0.05, 0) is 26.7 Å². The number of carbonyl (C=O) groups is 1. The SMILES string of the molecule is Cc1nc(C)c(CNC(=O)C2(N)C3CCCOC3C2(C)C)s1.Cl.Cl. The van der Waals surface area contributed by atoms with Crippen LogP contribution in [0.2, 0.25) is 0 Å². The van der Waals surface area contributed by atoms with Gasteiger partial charge in [0.05, 0.1) is 23.4 Å². The van der Waals surface area contributed by atoms with Crippen LogP contribution in [0.1, 0.15) is 42.3 Å². The third-order valence-electron chi connectivity index (χ3n) is 5.47. The van der Waals surface area contributed by atoms with Crippen LogP contribution in [0.3, 0.4) is 0 Å². The summed E-state index contributed by atoms with van der Waals surface area (Å²) in [4.78, 5) is 18.3. The molecular weight excluding hydrogens is 369 g/mol. The molecule has 3 rings (SSSR count). The molecule has 0 aromatic carbocycles. The van der Waals surface area contributed by atoms with Crippen LogP contribution in [0.25, 0.3) is 0 Å². The van der Waals surface area contributed by atoms with E-state index in [1.165, 1.54) is 0 Å². The molecule has 1 saturated heterocycles. The van der Waals surface area contributed by atoms with Crippen molar-refractivity contribution in [1.29, 1.82) is 0 Å². The molecule has 3 atom stereocenters. The van der Waals surface area contributed by atoms with Gasteiger partial charge in [-0.3, -0.25) is 4.79 Å². The summed E-state index contributed by atoms with van der Waals surface area (Å²) in [5, 5.41) is 4.06. The molecule has 1 amide bonds. The highest BCUT2D eigenvalue weighted by molar-refractivity contribution is 7.11. The van der Waals surface area contributed by atoms with Crippen LogP contribution in [-0.2, 0) is 16.1 Å². The van der Waals surface area contributed by atoms with E-state index in [0.717, 1.165) is 35.0 Å². The quantitative estimate of drug-likeness (QED) is 0.824. The van der Waals surface area contributed by atoms with Gasteiger partial charge >= 0.3 is 0 Å². The van der Waals surface area contributed by atoms with Gasteiger partial charge in [0.1, 0.15) is 5.54 Å². The van der Waals surface area contributed by atoms with Crippen molar-refractivity contribution in [1.82, 2.24) is 10.3 Å². The molecule has 0 bridgehead atoms. The summed E-state index contributed by atoms with van der Waals surface area (Å²) in [6.07, 6.45) is 2.05. The summed E-state index contributed by atoms with van der Waals surface area (Å²) in [5.74, 6) is 0.0650. The van der Waals surface area contributed by atoms with Crippen LogP contribution in [-0.4, -0.2) is 29.1 Å². The number of rotatable bonds is 3. The Balaban J connectivity index is 0.00000144. The Labute approximate surface area is 159 Å². The molecule has 8 heteroatoms. The first-order chi connectivity index (χ1) is 10.3. The van der Waals surface area contributed by atoms with Gasteiger partial charge in [-0.15, -0.1) is 36.2 Å². The number of nitrogens with two attached hydrogens (primary N) is 1. The Bertz CT molecular complexity index is 608. The minimum absolute atomic E-state index is 0. The number of nitrogens with one attached hydrogen (secondary N) is 1. The molecule has 1 aliphatic carbocycles. The van der Waals surface area contributed by atoms with Gasteiger partial charge in [0.25, 0.3) is 0 Å². The minimum atomic E-state index is -0.842. The van der Waals surface area contributed by atoms with Gasteiger partial charge < -0.3 is 15.8 Å². The fourth-order valence-corrected chi connectivity index (χ4v) is 4.96. The second-order valence-corrected chi connectivity index (χ2v) is 8.34. The number of hydrogen-bond donors (Lipinski definition) is 2. The molecule has 0 radical (unpaired) electrons. The molecule has 2 aliphatic rings. The number of hydrogen-bond acceptors (Lipinski definition) is 5. The molecule has 1 aromatic rings. The summed E-state index contributed by atoms with van der Waals surface area (Å²) < 4.78 is 5.86. The number of amides is 1. The lowest BCUT2D eigenvalue weighted by molar-refractivity contribution is -0.225. The highest BCUT2D eigenvalue weighted by atomic mass is 35.5. The number of aromatic nitrogens is 1. The van der Waals surface area contributed by atoms with E-state index in [1.807, 2.05) is 27.7 Å². The van der Waals surface area contributed by atoms with Gasteiger partial charge in [0.15, 0.2) is 0 Å². The van der Waals surface area contributed by atoms with Gasteiger partial charge in [0, 0.05) is 22.8 Å². The average Bonchev–Trinajstić information content (AvgIpc) is 2.81. The number of ether oxygens (including phenoxy) is 1. The van der Waals surface area contributed by atoms with Crippen molar-refractivity contribution in [3.8, 4) is 0 Å². The number of thiazole rings is 1. The molecule has 0 spiro atoms. The summed E-state index contributed by atoms with van der Waals surface area (Å²) in [6, 6.07) is 0.